The molecule has 0 aliphatic carbocycles. The van der Waals surface area contributed by atoms with Crippen LogP contribution in [0.1, 0.15) is 24.2 Å². The van der Waals surface area contributed by atoms with Crippen LogP contribution in [0.3, 0.4) is 0 Å². The van der Waals surface area contributed by atoms with E-state index in [1.807, 2.05) is 43.3 Å². The molecule has 4 heteroatoms. The largest absolute Gasteiger partial charge is 0.493 e. The van der Waals surface area contributed by atoms with E-state index in [0.717, 1.165) is 27.9 Å². The maximum atomic E-state index is 5.86. The van der Waals surface area contributed by atoms with E-state index in [-0.39, 0.29) is 6.04 Å². The standard InChI is InChI=1S/C15H17BrN2O/c1-11(17)14-6-5-13(10-15(14)16)19-9-7-12-4-2-3-8-18-12/h2-6,8,10-11H,7,9,17H2,1H3. The van der Waals surface area contributed by atoms with Crippen LogP contribution in [0.5, 0.6) is 5.75 Å². The Hall–Kier alpha value is -1.39. The second-order valence-corrected chi connectivity index (χ2v) is 5.25. The van der Waals surface area contributed by atoms with E-state index >= 15 is 0 Å². The molecule has 3 nitrogen and oxygen atoms in total. The number of aromatic nitrogens is 1. The minimum atomic E-state index is 0.0111. The van der Waals surface area contributed by atoms with Crippen molar-refractivity contribution in [1.82, 2.24) is 4.98 Å². The van der Waals surface area contributed by atoms with Crippen LogP contribution in [0.2, 0.25) is 0 Å². The molecule has 100 valence electrons. The molecule has 1 heterocycles. The molecule has 0 saturated heterocycles. The zero-order valence-electron chi connectivity index (χ0n) is 10.8. The maximum Gasteiger partial charge on any atom is 0.120 e. The van der Waals surface area contributed by atoms with Crippen molar-refractivity contribution in [1.29, 1.82) is 0 Å². The van der Waals surface area contributed by atoms with Crippen molar-refractivity contribution in [3.63, 3.8) is 0 Å². The monoisotopic (exact) mass is 320 g/mol. The van der Waals surface area contributed by atoms with Gasteiger partial charge in [-0.1, -0.05) is 28.1 Å². The van der Waals surface area contributed by atoms with Gasteiger partial charge in [-0.05, 0) is 36.8 Å². The van der Waals surface area contributed by atoms with Gasteiger partial charge < -0.3 is 10.5 Å². The number of halogens is 1. The number of hydrogen-bond donors (Lipinski definition) is 1. The van der Waals surface area contributed by atoms with E-state index in [1.54, 1.807) is 6.20 Å². The maximum absolute atomic E-state index is 5.86. The summed E-state index contributed by atoms with van der Waals surface area (Å²) in [7, 11) is 0. The SMILES string of the molecule is CC(N)c1ccc(OCCc2ccccn2)cc1Br. The fourth-order valence-corrected chi connectivity index (χ4v) is 2.51. The molecule has 19 heavy (non-hydrogen) atoms. The molecule has 0 saturated carbocycles. The van der Waals surface area contributed by atoms with Gasteiger partial charge in [0.1, 0.15) is 5.75 Å². The number of benzene rings is 1. The molecule has 1 aromatic heterocycles. The fraction of sp³-hybridized carbons (Fsp3) is 0.267. The lowest BCUT2D eigenvalue weighted by Gasteiger charge is -2.11. The van der Waals surface area contributed by atoms with Gasteiger partial charge in [0.2, 0.25) is 0 Å². The lowest BCUT2D eigenvalue weighted by Crippen LogP contribution is -2.06. The summed E-state index contributed by atoms with van der Waals surface area (Å²) in [5.74, 6) is 0.840. The summed E-state index contributed by atoms with van der Waals surface area (Å²) in [5.41, 5.74) is 7.98. The summed E-state index contributed by atoms with van der Waals surface area (Å²) < 4.78 is 6.70. The van der Waals surface area contributed by atoms with Gasteiger partial charge in [0.25, 0.3) is 0 Å². The normalized spacial score (nSPS) is 12.2. The topological polar surface area (TPSA) is 48.1 Å². The lowest BCUT2D eigenvalue weighted by atomic mass is 10.1. The third-order valence-corrected chi connectivity index (χ3v) is 3.50. The molecule has 2 N–H and O–H groups in total. The Balaban J connectivity index is 1.92. The zero-order chi connectivity index (χ0) is 13.7. The molecule has 2 aromatic rings. The van der Waals surface area contributed by atoms with E-state index < -0.39 is 0 Å². The molecule has 1 unspecified atom stereocenters. The lowest BCUT2D eigenvalue weighted by molar-refractivity contribution is 0.320. The Kier molecular flexibility index (Phi) is 4.93. The Labute approximate surface area is 121 Å². The first-order chi connectivity index (χ1) is 9.16. The smallest absolute Gasteiger partial charge is 0.120 e. The zero-order valence-corrected chi connectivity index (χ0v) is 12.4. The van der Waals surface area contributed by atoms with E-state index in [4.69, 9.17) is 10.5 Å². The van der Waals surface area contributed by atoms with Gasteiger partial charge in [0, 0.05) is 28.8 Å². The highest BCUT2D eigenvalue weighted by Crippen LogP contribution is 2.26. The summed E-state index contributed by atoms with van der Waals surface area (Å²) >= 11 is 3.51. The number of rotatable bonds is 5. The van der Waals surface area contributed by atoms with Crippen LogP contribution in [-0.4, -0.2) is 11.6 Å². The summed E-state index contributed by atoms with van der Waals surface area (Å²) in [6, 6.07) is 11.8. The van der Waals surface area contributed by atoms with Gasteiger partial charge in [0.15, 0.2) is 0 Å². The summed E-state index contributed by atoms with van der Waals surface area (Å²) in [6.45, 7) is 2.57. The van der Waals surface area contributed by atoms with Crippen LogP contribution in [0, 0.1) is 0 Å². The molecule has 0 aliphatic heterocycles. The van der Waals surface area contributed by atoms with Crippen molar-refractivity contribution in [2.45, 2.75) is 19.4 Å². The number of ether oxygens (including phenoxy) is 1. The molecule has 0 radical (unpaired) electrons. The summed E-state index contributed by atoms with van der Waals surface area (Å²) in [4.78, 5) is 4.26. The molecular formula is C15H17BrN2O. The Bertz CT molecular complexity index is 529. The minimum absolute atomic E-state index is 0.0111. The second kappa shape index (κ2) is 6.68. The predicted octanol–water partition coefficient (Wildman–Crippen LogP) is 3.49. The van der Waals surface area contributed by atoms with Crippen molar-refractivity contribution in [2.24, 2.45) is 5.73 Å². The van der Waals surface area contributed by atoms with Crippen LogP contribution < -0.4 is 10.5 Å². The average Bonchev–Trinajstić information content (AvgIpc) is 2.39. The van der Waals surface area contributed by atoms with Gasteiger partial charge in [-0.2, -0.15) is 0 Å². The molecule has 0 spiro atoms. The number of pyridine rings is 1. The molecule has 0 bridgehead atoms. The van der Waals surface area contributed by atoms with Crippen LogP contribution >= 0.6 is 15.9 Å². The van der Waals surface area contributed by atoms with E-state index in [2.05, 4.69) is 20.9 Å². The second-order valence-electron chi connectivity index (χ2n) is 4.39. The predicted molar refractivity (Wildman–Crippen MR) is 80.2 cm³/mol. The van der Waals surface area contributed by atoms with Gasteiger partial charge in [-0.25, -0.2) is 0 Å². The van der Waals surface area contributed by atoms with Crippen molar-refractivity contribution in [3.05, 3.63) is 58.3 Å². The van der Waals surface area contributed by atoms with Crippen molar-refractivity contribution in [3.8, 4) is 5.75 Å². The Morgan fingerprint density at radius 2 is 2.16 bits per heavy atom. The number of nitrogens with two attached hydrogens (primary N) is 1. The highest BCUT2D eigenvalue weighted by molar-refractivity contribution is 9.10. The van der Waals surface area contributed by atoms with E-state index in [9.17, 15) is 0 Å². The van der Waals surface area contributed by atoms with Crippen LogP contribution in [0.15, 0.2) is 47.1 Å². The van der Waals surface area contributed by atoms with Crippen molar-refractivity contribution < 1.29 is 4.74 Å². The summed E-state index contributed by atoms with van der Waals surface area (Å²) in [5, 5.41) is 0. The molecule has 0 fully saturated rings. The first kappa shape index (κ1) is 14.0. The summed E-state index contributed by atoms with van der Waals surface area (Å²) in [6.07, 6.45) is 2.59. The molecule has 2 rings (SSSR count). The van der Waals surface area contributed by atoms with Crippen LogP contribution in [0.25, 0.3) is 0 Å². The first-order valence-electron chi connectivity index (χ1n) is 6.24. The van der Waals surface area contributed by atoms with E-state index in [0.29, 0.717) is 6.61 Å². The number of nitrogens with zero attached hydrogens (tertiary/aromatic N) is 1. The average molecular weight is 321 g/mol. The highest BCUT2D eigenvalue weighted by atomic mass is 79.9. The van der Waals surface area contributed by atoms with Crippen LogP contribution in [-0.2, 0) is 6.42 Å². The molecular weight excluding hydrogens is 304 g/mol. The third-order valence-electron chi connectivity index (χ3n) is 2.82. The molecule has 0 aliphatic rings. The van der Waals surface area contributed by atoms with Gasteiger partial charge in [-0.3, -0.25) is 4.98 Å². The fourth-order valence-electron chi connectivity index (χ4n) is 1.79. The minimum Gasteiger partial charge on any atom is -0.493 e. The Morgan fingerprint density at radius 3 is 2.79 bits per heavy atom. The van der Waals surface area contributed by atoms with Crippen LogP contribution in [0.4, 0.5) is 0 Å². The van der Waals surface area contributed by atoms with Crippen molar-refractivity contribution in [2.75, 3.05) is 6.61 Å². The van der Waals surface area contributed by atoms with Crippen molar-refractivity contribution >= 4 is 15.9 Å². The third kappa shape index (κ3) is 4.04. The molecule has 1 aromatic carbocycles. The molecule has 0 amide bonds. The van der Waals surface area contributed by atoms with Gasteiger partial charge >= 0.3 is 0 Å². The first-order valence-corrected chi connectivity index (χ1v) is 7.04. The van der Waals surface area contributed by atoms with Gasteiger partial charge in [-0.15, -0.1) is 0 Å². The highest BCUT2D eigenvalue weighted by Gasteiger charge is 2.06. The molecule has 1 atom stereocenters. The van der Waals surface area contributed by atoms with E-state index in [1.165, 1.54) is 0 Å². The quantitative estimate of drug-likeness (QED) is 0.917. The number of hydrogen-bond acceptors (Lipinski definition) is 3. The van der Waals surface area contributed by atoms with Gasteiger partial charge in [0.05, 0.1) is 6.61 Å². The Morgan fingerprint density at radius 1 is 1.32 bits per heavy atom.